The van der Waals surface area contributed by atoms with Gasteiger partial charge in [0, 0.05) is 17.2 Å². The second kappa shape index (κ2) is 10.1. The smallest absolute Gasteiger partial charge is 0.312 e. The predicted octanol–water partition coefficient (Wildman–Crippen LogP) is 5.71. The highest BCUT2D eigenvalue weighted by Gasteiger charge is 2.20. The molecule has 0 aliphatic heterocycles. The molecule has 0 aromatic heterocycles. The van der Waals surface area contributed by atoms with Crippen molar-refractivity contribution in [2.24, 2.45) is 5.16 Å². The molecule has 0 unspecified atom stereocenters. The highest BCUT2D eigenvalue weighted by atomic mass is 16.7. The number of nitrogens with zero attached hydrogens (tertiary/aromatic N) is 2. The average molecular weight is 450 g/mol. The molecule has 4 aromatic rings. The number of hydrogen-bond acceptors (Lipinski definition) is 6. The van der Waals surface area contributed by atoms with Gasteiger partial charge in [-0.15, -0.1) is 0 Å². The first-order valence-electron chi connectivity index (χ1n) is 10.3. The molecular weight excluding hydrogens is 432 g/mol. The predicted molar refractivity (Wildman–Crippen MR) is 128 cm³/mol. The maximum absolute atomic E-state index is 13.3. The van der Waals surface area contributed by atoms with Crippen LogP contribution in [0.3, 0.4) is 0 Å². The monoisotopic (exact) mass is 450 g/mol. The van der Waals surface area contributed by atoms with Gasteiger partial charge in [0.05, 0.1) is 16.1 Å². The molecule has 0 saturated heterocycles. The van der Waals surface area contributed by atoms with Gasteiger partial charge in [0.1, 0.15) is 0 Å². The zero-order chi connectivity index (χ0) is 23.9. The van der Waals surface area contributed by atoms with E-state index in [9.17, 15) is 19.7 Å². The second-order valence-electron chi connectivity index (χ2n) is 7.23. The number of carbonyl (C=O) groups is 2. The number of hydrogen-bond donors (Lipinski definition) is 0. The fourth-order valence-electron chi connectivity index (χ4n) is 3.35. The molecule has 7 nitrogen and oxygen atoms in total. The minimum atomic E-state index is -0.687. The van der Waals surface area contributed by atoms with E-state index in [-0.39, 0.29) is 11.4 Å². The van der Waals surface area contributed by atoms with E-state index in [2.05, 4.69) is 5.16 Å². The molecule has 0 fully saturated rings. The van der Waals surface area contributed by atoms with Gasteiger partial charge in [-0.3, -0.25) is 14.9 Å². The molecule has 0 bridgehead atoms. The molecule has 0 aliphatic rings. The molecule has 0 amide bonds. The molecule has 4 rings (SSSR count). The normalized spacial score (nSPS) is 11.0. The van der Waals surface area contributed by atoms with Crippen LogP contribution in [0.1, 0.15) is 26.3 Å². The van der Waals surface area contributed by atoms with Crippen LogP contribution in [0.15, 0.2) is 114 Å². The number of benzene rings is 4. The lowest BCUT2D eigenvalue weighted by Crippen LogP contribution is -2.17. The molecule has 0 heterocycles. The summed E-state index contributed by atoms with van der Waals surface area (Å²) in [4.78, 5) is 41.6. The van der Waals surface area contributed by atoms with Crippen LogP contribution >= 0.6 is 0 Å². The topological polar surface area (TPSA) is 98.9 Å². The Labute approximate surface area is 195 Å². The largest absolute Gasteiger partial charge is 0.365 e. The number of nitro benzene ring substituents is 1. The number of ketones is 1. The van der Waals surface area contributed by atoms with E-state index >= 15 is 0 Å². The summed E-state index contributed by atoms with van der Waals surface area (Å²) in [5.41, 5.74) is 2.05. The molecule has 0 saturated carbocycles. The van der Waals surface area contributed by atoms with Crippen LogP contribution in [0, 0.1) is 10.1 Å². The van der Waals surface area contributed by atoms with Gasteiger partial charge in [0.25, 0.3) is 5.69 Å². The average Bonchev–Trinajstić information content (AvgIpc) is 2.89. The zero-order valence-electron chi connectivity index (χ0n) is 17.8. The fourth-order valence-corrected chi connectivity index (χ4v) is 3.35. The SMILES string of the molecule is O=C(O/N=C(\C(=O)c1ccc(-c2ccccc2[N+](=O)[O-])cc1)c1ccccc1)c1ccccc1. The van der Waals surface area contributed by atoms with Crippen molar-refractivity contribution in [3.63, 3.8) is 0 Å². The van der Waals surface area contributed by atoms with Crippen molar-refractivity contribution in [1.82, 2.24) is 0 Å². The van der Waals surface area contributed by atoms with Gasteiger partial charge < -0.3 is 4.84 Å². The van der Waals surface area contributed by atoms with E-state index in [1.807, 2.05) is 0 Å². The number of oxime groups is 1. The molecular formula is C27H18N2O5. The van der Waals surface area contributed by atoms with Crippen LogP contribution in [0.2, 0.25) is 0 Å². The number of Topliss-reactive ketones (excluding diaryl/α,β-unsaturated/α-hetero) is 1. The second-order valence-corrected chi connectivity index (χ2v) is 7.23. The molecule has 7 heteroatoms. The lowest BCUT2D eigenvalue weighted by molar-refractivity contribution is -0.384. The summed E-state index contributed by atoms with van der Waals surface area (Å²) in [6.45, 7) is 0. The van der Waals surface area contributed by atoms with Crippen LogP contribution in [0.4, 0.5) is 5.69 Å². The van der Waals surface area contributed by atoms with Gasteiger partial charge in [-0.1, -0.05) is 90.1 Å². The minimum absolute atomic E-state index is 0.0269. The highest BCUT2D eigenvalue weighted by Crippen LogP contribution is 2.29. The van der Waals surface area contributed by atoms with Crippen molar-refractivity contribution in [2.45, 2.75) is 0 Å². The Morgan fingerprint density at radius 3 is 1.85 bits per heavy atom. The van der Waals surface area contributed by atoms with Crippen molar-refractivity contribution < 1.29 is 19.3 Å². The van der Waals surface area contributed by atoms with Crippen molar-refractivity contribution in [3.05, 3.63) is 136 Å². The molecule has 0 radical (unpaired) electrons. The maximum Gasteiger partial charge on any atom is 0.365 e. The van der Waals surface area contributed by atoms with Crippen LogP contribution in [0.25, 0.3) is 11.1 Å². The molecule has 166 valence electrons. The van der Waals surface area contributed by atoms with Crippen LogP contribution in [-0.4, -0.2) is 22.4 Å². The van der Waals surface area contributed by atoms with Gasteiger partial charge >= 0.3 is 5.97 Å². The Hall–Kier alpha value is -4.91. The third-order valence-corrected chi connectivity index (χ3v) is 5.05. The number of nitro groups is 1. The lowest BCUT2D eigenvalue weighted by atomic mass is 9.97. The Kier molecular flexibility index (Phi) is 6.65. The van der Waals surface area contributed by atoms with Gasteiger partial charge in [-0.25, -0.2) is 4.79 Å². The fraction of sp³-hybridized carbons (Fsp3) is 0. The van der Waals surface area contributed by atoms with Crippen LogP contribution in [0.5, 0.6) is 0 Å². The van der Waals surface area contributed by atoms with E-state index in [1.54, 1.807) is 103 Å². The summed E-state index contributed by atoms with van der Waals surface area (Å²) in [5, 5.41) is 15.2. The molecule has 0 N–H and O–H groups in total. The summed E-state index contributed by atoms with van der Waals surface area (Å²) in [7, 11) is 0. The van der Waals surface area contributed by atoms with Crippen molar-refractivity contribution in [1.29, 1.82) is 0 Å². The van der Waals surface area contributed by atoms with Crippen molar-refractivity contribution in [2.75, 3.05) is 0 Å². The molecule has 0 aliphatic carbocycles. The van der Waals surface area contributed by atoms with Crippen molar-refractivity contribution >= 4 is 23.2 Å². The zero-order valence-corrected chi connectivity index (χ0v) is 17.8. The summed E-state index contributed by atoms with van der Waals surface area (Å²) < 4.78 is 0. The quantitative estimate of drug-likeness (QED) is 0.118. The third-order valence-electron chi connectivity index (χ3n) is 5.05. The van der Waals surface area contributed by atoms with Crippen molar-refractivity contribution in [3.8, 4) is 11.1 Å². The highest BCUT2D eigenvalue weighted by molar-refractivity contribution is 6.51. The summed E-state index contributed by atoms with van der Waals surface area (Å²) in [5.74, 6) is -1.14. The molecule has 0 spiro atoms. The summed E-state index contributed by atoms with van der Waals surface area (Å²) in [6.07, 6.45) is 0. The van der Waals surface area contributed by atoms with Gasteiger partial charge in [0.2, 0.25) is 5.78 Å². The Bertz CT molecular complexity index is 1370. The van der Waals surface area contributed by atoms with E-state index < -0.39 is 16.7 Å². The Morgan fingerprint density at radius 1 is 0.676 bits per heavy atom. The van der Waals surface area contributed by atoms with Gasteiger partial charge in [-0.05, 0) is 23.8 Å². The summed E-state index contributed by atoms with van der Waals surface area (Å²) >= 11 is 0. The molecule has 0 atom stereocenters. The standard InChI is InChI=1S/C27H18N2O5/c30-26(21-17-15-19(16-18-21)23-13-7-8-14-24(23)29(32)33)25(20-9-3-1-4-10-20)28-34-27(31)22-11-5-2-6-12-22/h1-18H/b28-25-. The molecule has 34 heavy (non-hydrogen) atoms. The first-order chi connectivity index (χ1) is 16.5. The molecule has 4 aromatic carbocycles. The van der Waals surface area contributed by atoms with Crippen LogP contribution in [-0.2, 0) is 4.84 Å². The number of carbonyl (C=O) groups excluding carboxylic acids is 2. The van der Waals surface area contributed by atoms with E-state index in [0.717, 1.165) is 0 Å². The first kappa shape index (κ1) is 22.3. The number of para-hydroxylation sites is 1. The number of rotatable bonds is 7. The Balaban J connectivity index is 1.65. The van der Waals surface area contributed by atoms with Gasteiger partial charge in [-0.2, -0.15) is 0 Å². The minimum Gasteiger partial charge on any atom is -0.312 e. The first-order valence-corrected chi connectivity index (χ1v) is 10.3. The van der Waals surface area contributed by atoms with E-state index in [4.69, 9.17) is 4.84 Å². The van der Waals surface area contributed by atoms with Gasteiger partial charge in [0.15, 0.2) is 5.71 Å². The Morgan fingerprint density at radius 2 is 1.24 bits per heavy atom. The van der Waals surface area contributed by atoms with E-state index in [1.165, 1.54) is 6.07 Å². The third kappa shape index (κ3) is 4.94. The lowest BCUT2D eigenvalue weighted by Gasteiger charge is -2.08. The maximum atomic E-state index is 13.3. The van der Waals surface area contributed by atoms with E-state index in [0.29, 0.717) is 27.8 Å². The summed E-state index contributed by atoms with van der Waals surface area (Å²) in [6, 6.07) is 29.8. The van der Waals surface area contributed by atoms with Crippen LogP contribution < -0.4 is 0 Å².